The van der Waals surface area contributed by atoms with Crippen LogP contribution in [0.3, 0.4) is 0 Å². The quantitative estimate of drug-likeness (QED) is 0.714. The number of hydrogen-bond acceptors (Lipinski definition) is 4. The monoisotopic (exact) mass is 310 g/mol. The number of nitrogens with one attached hydrogen (secondary N) is 1. The summed E-state index contributed by atoms with van der Waals surface area (Å²) in [5, 5.41) is 3.15. The predicted octanol–water partition coefficient (Wildman–Crippen LogP) is 4.30. The Hall–Kier alpha value is -2.95. The van der Waals surface area contributed by atoms with Crippen molar-refractivity contribution in [3.8, 4) is 11.3 Å². The molecule has 1 N–H and O–H groups in total. The number of nitrogens with zero attached hydrogens (tertiary/aromatic N) is 1. The normalized spacial score (nSPS) is 10.5. The second-order valence-corrected chi connectivity index (χ2v) is 5.09. The van der Waals surface area contributed by atoms with Crippen LogP contribution in [-0.2, 0) is 6.54 Å². The molecule has 4 nitrogen and oxygen atoms in total. The lowest BCUT2D eigenvalue weighted by Crippen LogP contribution is -2.00. The van der Waals surface area contributed by atoms with Gasteiger partial charge in [0.2, 0.25) is 5.89 Å². The van der Waals surface area contributed by atoms with Gasteiger partial charge in [-0.3, -0.25) is 4.79 Å². The first kappa shape index (κ1) is 15.0. The summed E-state index contributed by atoms with van der Waals surface area (Å²) in [5.74, 6) is 0.535. The van der Waals surface area contributed by atoms with E-state index in [4.69, 9.17) is 4.42 Å². The summed E-state index contributed by atoms with van der Waals surface area (Å²) < 4.78 is 19.3. The van der Waals surface area contributed by atoms with Crippen molar-refractivity contribution in [1.82, 2.24) is 4.98 Å². The van der Waals surface area contributed by atoms with E-state index >= 15 is 0 Å². The lowest BCUT2D eigenvalue weighted by atomic mass is 10.1. The topological polar surface area (TPSA) is 55.1 Å². The molecule has 0 unspecified atom stereocenters. The number of anilines is 1. The van der Waals surface area contributed by atoms with Gasteiger partial charge in [0, 0.05) is 11.3 Å². The third-order valence-corrected chi connectivity index (χ3v) is 3.43. The number of aromatic nitrogens is 1. The molecule has 1 aromatic heterocycles. The van der Waals surface area contributed by atoms with Gasteiger partial charge in [-0.1, -0.05) is 12.1 Å². The summed E-state index contributed by atoms with van der Waals surface area (Å²) >= 11 is 0. The number of oxazole rings is 1. The molecule has 0 fully saturated rings. The van der Waals surface area contributed by atoms with E-state index in [2.05, 4.69) is 10.3 Å². The van der Waals surface area contributed by atoms with E-state index in [9.17, 15) is 9.18 Å². The van der Waals surface area contributed by atoms with Crippen LogP contribution in [-0.4, -0.2) is 10.8 Å². The van der Waals surface area contributed by atoms with Gasteiger partial charge >= 0.3 is 0 Å². The Morgan fingerprint density at radius 3 is 2.61 bits per heavy atom. The van der Waals surface area contributed by atoms with Crippen molar-refractivity contribution in [3.05, 3.63) is 72.0 Å². The molecule has 3 rings (SSSR count). The van der Waals surface area contributed by atoms with Crippen molar-refractivity contribution >= 4 is 11.5 Å². The molecule has 3 aromatic rings. The molecule has 0 saturated carbocycles. The number of carbonyl (C=O) groups excluding carboxylic acids is 1. The minimum Gasteiger partial charge on any atom is -0.439 e. The fourth-order valence-corrected chi connectivity index (χ4v) is 2.18. The lowest BCUT2D eigenvalue weighted by Gasteiger charge is -2.04. The van der Waals surface area contributed by atoms with Gasteiger partial charge in [-0.15, -0.1) is 0 Å². The molecule has 116 valence electrons. The van der Waals surface area contributed by atoms with Crippen LogP contribution in [0.2, 0.25) is 0 Å². The van der Waals surface area contributed by atoms with Crippen LogP contribution >= 0.6 is 0 Å². The standard InChI is InChI=1S/C18H15FN2O2/c1-12(22)13-6-8-14(9-7-13)20-11-18-21-10-17(23-18)15-4-2-3-5-16(15)19/h2-10,20H,11H2,1H3. The second-order valence-electron chi connectivity index (χ2n) is 5.09. The Morgan fingerprint density at radius 2 is 1.91 bits per heavy atom. The fourth-order valence-electron chi connectivity index (χ4n) is 2.18. The average molecular weight is 310 g/mol. The zero-order chi connectivity index (χ0) is 16.2. The Bertz CT molecular complexity index is 825. The maximum absolute atomic E-state index is 13.7. The number of benzene rings is 2. The smallest absolute Gasteiger partial charge is 0.214 e. The largest absolute Gasteiger partial charge is 0.439 e. The third-order valence-electron chi connectivity index (χ3n) is 3.43. The first-order valence-electron chi connectivity index (χ1n) is 7.18. The highest BCUT2D eigenvalue weighted by atomic mass is 19.1. The molecule has 23 heavy (non-hydrogen) atoms. The van der Waals surface area contributed by atoms with E-state index < -0.39 is 0 Å². The third kappa shape index (κ3) is 3.45. The van der Waals surface area contributed by atoms with Gasteiger partial charge in [0.1, 0.15) is 5.82 Å². The SMILES string of the molecule is CC(=O)c1ccc(NCc2ncc(-c3ccccc3F)o2)cc1. The predicted molar refractivity (Wildman–Crippen MR) is 85.7 cm³/mol. The summed E-state index contributed by atoms with van der Waals surface area (Å²) in [4.78, 5) is 15.4. The van der Waals surface area contributed by atoms with Crippen molar-refractivity contribution in [2.24, 2.45) is 0 Å². The number of rotatable bonds is 5. The Labute approximate surface area is 133 Å². The molecule has 0 spiro atoms. The number of halogens is 1. The van der Waals surface area contributed by atoms with E-state index in [-0.39, 0.29) is 11.6 Å². The highest BCUT2D eigenvalue weighted by Gasteiger charge is 2.10. The van der Waals surface area contributed by atoms with E-state index in [1.165, 1.54) is 19.2 Å². The van der Waals surface area contributed by atoms with Gasteiger partial charge in [0.05, 0.1) is 18.3 Å². The van der Waals surface area contributed by atoms with Crippen LogP contribution in [0.4, 0.5) is 10.1 Å². The summed E-state index contributed by atoms with van der Waals surface area (Å²) in [7, 11) is 0. The van der Waals surface area contributed by atoms with Gasteiger partial charge in [-0.25, -0.2) is 9.37 Å². The molecule has 0 amide bonds. The van der Waals surface area contributed by atoms with Crippen molar-refractivity contribution in [1.29, 1.82) is 0 Å². The molecule has 5 heteroatoms. The van der Waals surface area contributed by atoms with Gasteiger partial charge in [0.25, 0.3) is 0 Å². The zero-order valence-corrected chi connectivity index (χ0v) is 12.5. The first-order chi connectivity index (χ1) is 11.1. The van der Waals surface area contributed by atoms with Crippen LogP contribution in [0.15, 0.2) is 59.1 Å². The maximum Gasteiger partial charge on any atom is 0.214 e. The zero-order valence-electron chi connectivity index (χ0n) is 12.5. The van der Waals surface area contributed by atoms with Crippen LogP contribution in [0.5, 0.6) is 0 Å². The van der Waals surface area contributed by atoms with Crippen LogP contribution in [0.25, 0.3) is 11.3 Å². The van der Waals surface area contributed by atoms with E-state index in [0.717, 1.165) is 5.69 Å². The summed E-state index contributed by atoms with van der Waals surface area (Å²) in [6.45, 7) is 1.90. The van der Waals surface area contributed by atoms with Crippen molar-refractivity contribution in [2.45, 2.75) is 13.5 Å². The number of ketones is 1. The minimum atomic E-state index is -0.344. The number of hydrogen-bond donors (Lipinski definition) is 1. The molecule has 0 atom stereocenters. The van der Waals surface area contributed by atoms with Crippen LogP contribution < -0.4 is 5.32 Å². The lowest BCUT2D eigenvalue weighted by molar-refractivity contribution is 0.101. The molecule has 0 bridgehead atoms. The molecule has 0 radical (unpaired) electrons. The highest BCUT2D eigenvalue weighted by Crippen LogP contribution is 2.23. The minimum absolute atomic E-state index is 0.0266. The van der Waals surface area contributed by atoms with Gasteiger partial charge in [0.15, 0.2) is 11.5 Å². The Morgan fingerprint density at radius 1 is 1.17 bits per heavy atom. The molecule has 0 aliphatic heterocycles. The fraction of sp³-hybridized carbons (Fsp3) is 0.111. The van der Waals surface area contributed by atoms with Gasteiger partial charge < -0.3 is 9.73 Å². The van der Waals surface area contributed by atoms with Gasteiger partial charge in [-0.05, 0) is 43.3 Å². The Kier molecular flexibility index (Phi) is 4.19. The highest BCUT2D eigenvalue weighted by molar-refractivity contribution is 5.94. The van der Waals surface area contributed by atoms with Crippen molar-refractivity contribution in [3.63, 3.8) is 0 Å². The summed E-state index contributed by atoms with van der Waals surface area (Å²) in [6.07, 6.45) is 1.51. The van der Waals surface area contributed by atoms with Crippen molar-refractivity contribution < 1.29 is 13.6 Å². The first-order valence-corrected chi connectivity index (χ1v) is 7.18. The van der Waals surface area contributed by atoms with Crippen molar-refractivity contribution in [2.75, 3.05) is 5.32 Å². The maximum atomic E-state index is 13.7. The van der Waals surface area contributed by atoms with E-state index in [0.29, 0.717) is 29.3 Å². The number of carbonyl (C=O) groups is 1. The van der Waals surface area contributed by atoms with E-state index in [1.807, 2.05) is 12.1 Å². The summed E-state index contributed by atoms with van der Waals surface area (Å²) in [5.41, 5.74) is 1.89. The number of Topliss-reactive ketones (excluding diaryl/α,β-unsaturated/α-hetero) is 1. The molecule has 2 aromatic carbocycles. The van der Waals surface area contributed by atoms with E-state index in [1.54, 1.807) is 30.3 Å². The van der Waals surface area contributed by atoms with Crippen LogP contribution in [0, 0.1) is 5.82 Å². The average Bonchev–Trinajstić information content (AvgIpc) is 3.02. The van der Waals surface area contributed by atoms with Crippen LogP contribution in [0.1, 0.15) is 23.2 Å². The molecular weight excluding hydrogens is 295 g/mol. The van der Waals surface area contributed by atoms with Gasteiger partial charge in [-0.2, -0.15) is 0 Å². The molecule has 0 aliphatic carbocycles. The second kappa shape index (κ2) is 6.44. The molecule has 0 saturated heterocycles. The molecule has 0 aliphatic rings. The Balaban J connectivity index is 1.68. The molecule has 1 heterocycles. The summed E-state index contributed by atoms with van der Waals surface area (Å²) in [6, 6.07) is 13.5. The molecular formula is C18H15FN2O2.